The molecule has 7 nitrogen and oxygen atoms in total. The van der Waals surface area contributed by atoms with Gasteiger partial charge in [0.15, 0.2) is 0 Å². The number of hydrogen-bond acceptors (Lipinski definition) is 7. The van der Waals surface area contributed by atoms with E-state index in [-0.39, 0.29) is 22.7 Å². The van der Waals surface area contributed by atoms with Gasteiger partial charge in [-0.25, -0.2) is 9.59 Å². The number of carbonyl (C=O) groups excluding carboxylic acids is 2. The molecule has 31 heavy (non-hydrogen) atoms. The average molecular weight is 503 g/mol. The lowest BCUT2D eigenvalue weighted by atomic mass is 9.81. The van der Waals surface area contributed by atoms with Gasteiger partial charge >= 0.3 is 11.9 Å². The van der Waals surface area contributed by atoms with Crippen molar-refractivity contribution in [1.82, 2.24) is 0 Å². The second-order valence-corrected chi connectivity index (χ2v) is 7.82. The van der Waals surface area contributed by atoms with Gasteiger partial charge in [0.1, 0.15) is 11.5 Å². The first kappa shape index (κ1) is 22.4. The summed E-state index contributed by atoms with van der Waals surface area (Å²) in [7, 11) is 2.38. The minimum Gasteiger partial charge on any atom is -0.466 e. The van der Waals surface area contributed by atoms with Crippen molar-refractivity contribution >= 4 is 45.2 Å². The van der Waals surface area contributed by atoms with Crippen molar-refractivity contribution in [2.75, 3.05) is 19.1 Å². The molecule has 2 aromatic rings. The van der Waals surface area contributed by atoms with E-state index in [0.29, 0.717) is 20.7 Å². The number of halogens is 2. The van der Waals surface area contributed by atoms with Crippen molar-refractivity contribution in [2.45, 2.75) is 5.92 Å². The van der Waals surface area contributed by atoms with Gasteiger partial charge < -0.3 is 15.2 Å². The van der Waals surface area contributed by atoms with Gasteiger partial charge in [-0.15, -0.1) is 0 Å². The number of nitriles is 1. The molecule has 1 atom stereocenters. The molecule has 2 aromatic carbocycles. The van der Waals surface area contributed by atoms with Gasteiger partial charge in [0.2, 0.25) is 0 Å². The van der Waals surface area contributed by atoms with E-state index in [4.69, 9.17) is 26.8 Å². The normalized spacial score (nSPS) is 16.1. The average Bonchev–Trinajstić information content (AvgIpc) is 2.76. The molecule has 0 aliphatic carbocycles. The molecule has 0 amide bonds. The van der Waals surface area contributed by atoms with E-state index >= 15 is 0 Å². The SMILES string of the molecule is COC(=O)C1=C(C(=O)OC)N(c2cc(Cl)cc(Br)c2)C(N)=C(C#N)C1c1ccccc1. The zero-order valence-corrected chi connectivity index (χ0v) is 18.9. The van der Waals surface area contributed by atoms with Crippen molar-refractivity contribution in [3.63, 3.8) is 0 Å². The van der Waals surface area contributed by atoms with Crippen molar-refractivity contribution in [3.05, 3.63) is 86.3 Å². The maximum atomic E-state index is 12.9. The number of anilines is 1. The second-order valence-electron chi connectivity index (χ2n) is 6.46. The Morgan fingerprint density at radius 3 is 2.32 bits per heavy atom. The Morgan fingerprint density at radius 1 is 1.13 bits per heavy atom. The van der Waals surface area contributed by atoms with E-state index < -0.39 is 17.9 Å². The summed E-state index contributed by atoms with van der Waals surface area (Å²) in [4.78, 5) is 27.2. The zero-order valence-electron chi connectivity index (χ0n) is 16.6. The van der Waals surface area contributed by atoms with Gasteiger partial charge in [-0.1, -0.05) is 57.9 Å². The number of rotatable bonds is 4. The fourth-order valence-corrected chi connectivity index (χ4v) is 4.29. The number of hydrogen-bond donors (Lipinski definition) is 1. The lowest BCUT2D eigenvalue weighted by molar-refractivity contribution is -0.139. The molecular formula is C22H17BrClN3O4. The van der Waals surface area contributed by atoms with Crippen molar-refractivity contribution in [2.24, 2.45) is 5.73 Å². The van der Waals surface area contributed by atoms with Gasteiger partial charge in [-0.3, -0.25) is 4.90 Å². The summed E-state index contributed by atoms with van der Waals surface area (Å²) >= 11 is 9.55. The minimum absolute atomic E-state index is 0.0291. The molecule has 0 saturated carbocycles. The standard InChI is InChI=1S/C22H17BrClN3O4/c1-30-21(28)18-17(12-6-4-3-5-7-12)16(11-25)20(26)27(19(18)22(29)31-2)15-9-13(23)8-14(24)10-15/h3-10,17H,26H2,1-2H3. The molecule has 1 aliphatic rings. The fourth-order valence-electron chi connectivity index (χ4n) is 3.45. The molecule has 9 heteroatoms. The van der Waals surface area contributed by atoms with Crippen LogP contribution in [0.3, 0.4) is 0 Å². The van der Waals surface area contributed by atoms with Crippen LogP contribution < -0.4 is 10.6 Å². The zero-order chi connectivity index (χ0) is 22.7. The summed E-state index contributed by atoms with van der Waals surface area (Å²) in [6.07, 6.45) is 0. The number of nitrogens with two attached hydrogens (primary N) is 1. The highest BCUT2D eigenvalue weighted by molar-refractivity contribution is 9.10. The number of allylic oxidation sites excluding steroid dienone is 1. The van der Waals surface area contributed by atoms with Gasteiger partial charge in [-0.2, -0.15) is 5.26 Å². The summed E-state index contributed by atoms with van der Waals surface area (Å²) < 4.78 is 10.6. The molecule has 0 aromatic heterocycles. The summed E-state index contributed by atoms with van der Waals surface area (Å²) in [6.45, 7) is 0. The molecule has 0 radical (unpaired) electrons. The Kier molecular flexibility index (Phi) is 6.68. The molecule has 1 aliphatic heterocycles. The predicted molar refractivity (Wildman–Crippen MR) is 119 cm³/mol. The number of methoxy groups -OCH3 is 2. The summed E-state index contributed by atoms with van der Waals surface area (Å²) in [5, 5.41) is 10.3. The largest absolute Gasteiger partial charge is 0.466 e. The van der Waals surface area contributed by atoms with Crippen LogP contribution in [-0.2, 0) is 19.1 Å². The van der Waals surface area contributed by atoms with E-state index in [9.17, 15) is 14.9 Å². The van der Waals surface area contributed by atoms with Gasteiger partial charge in [0, 0.05) is 9.50 Å². The maximum Gasteiger partial charge on any atom is 0.355 e. The van der Waals surface area contributed by atoms with E-state index in [1.165, 1.54) is 19.1 Å². The number of esters is 2. The van der Waals surface area contributed by atoms with Crippen LogP contribution in [0, 0.1) is 11.3 Å². The van der Waals surface area contributed by atoms with E-state index in [0.717, 1.165) is 0 Å². The molecule has 3 rings (SSSR count). The third kappa shape index (κ3) is 4.15. The Bertz CT molecular complexity index is 1130. The molecule has 0 bridgehead atoms. The quantitative estimate of drug-likeness (QED) is 0.630. The topological polar surface area (TPSA) is 106 Å². The van der Waals surface area contributed by atoms with Crippen LogP contribution in [0.5, 0.6) is 0 Å². The first-order chi connectivity index (χ1) is 14.8. The molecular weight excluding hydrogens is 486 g/mol. The molecule has 0 spiro atoms. The first-order valence-electron chi connectivity index (χ1n) is 8.95. The van der Waals surface area contributed by atoms with Gasteiger partial charge in [0.05, 0.1) is 43.0 Å². The maximum absolute atomic E-state index is 12.9. The van der Waals surface area contributed by atoms with Crippen LogP contribution in [-0.4, -0.2) is 26.2 Å². The van der Waals surface area contributed by atoms with Crippen LogP contribution in [0.4, 0.5) is 5.69 Å². The highest BCUT2D eigenvalue weighted by Crippen LogP contribution is 2.43. The second kappa shape index (κ2) is 9.25. The number of benzene rings is 2. The third-order valence-electron chi connectivity index (χ3n) is 4.72. The summed E-state index contributed by atoms with van der Waals surface area (Å²) in [6, 6.07) is 15.7. The Labute approximate surface area is 192 Å². The smallest absolute Gasteiger partial charge is 0.355 e. The van der Waals surface area contributed by atoms with Gasteiger partial charge in [0.25, 0.3) is 0 Å². The number of nitrogens with zero attached hydrogens (tertiary/aromatic N) is 2. The van der Waals surface area contributed by atoms with Crippen LogP contribution >= 0.6 is 27.5 Å². The molecule has 158 valence electrons. The fraction of sp³-hybridized carbons (Fsp3) is 0.136. The van der Waals surface area contributed by atoms with E-state index in [1.807, 2.05) is 0 Å². The summed E-state index contributed by atoms with van der Waals surface area (Å²) in [5.74, 6) is -2.57. The Hall–Kier alpha value is -3.28. The molecule has 1 heterocycles. The summed E-state index contributed by atoms with van der Waals surface area (Å²) in [5.41, 5.74) is 7.22. The van der Waals surface area contributed by atoms with Crippen LogP contribution in [0.25, 0.3) is 0 Å². The van der Waals surface area contributed by atoms with E-state index in [1.54, 1.807) is 48.5 Å². The molecule has 0 saturated heterocycles. The molecule has 0 fully saturated rings. The molecule has 2 N–H and O–H groups in total. The first-order valence-corrected chi connectivity index (χ1v) is 10.1. The van der Waals surface area contributed by atoms with Crippen molar-refractivity contribution in [1.29, 1.82) is 5.26 Å². The Balaban J connectivity index is 2.43. The monoisotopic (exact) mass is 501 g/mol. The lowest BCUT2D eigenvalue weighted by Crippen LogP contribution is -2.40. The van der Waals surface area contributed by atoms with Crippen molar-refractivity contribution < 1.29 is 19.1 Å². The predicted octanol–water partition coefficient (Wildman–Crippen LogP) is 4.00. The number of ether oxygens (including phenoxy) is 2. The lowest BCUT2D eigenvalue weighted by Gasteiger charge is -2.36. The van der Waals surface area contributed by atoms with Crippen LogP contribution in [0.1, 0.15) is 11.5 Å². The van der Waals surface area contributed by atoms with Gasteiger partial charge in [-0.05, 0) is 23.8 Å². The number of carbonyl (C=O) groups is 2. The van der Waals surface area contributed by atoms with E-state index in [2.05, 4.69) is 22.0 Å². The third-order valence-corrected chi connectivity index (χ3v) is 5.39. The minimum atomic E-state index is -0.924. The highest BCUT2D eigenvalue weighted by atomic mass is 79.9. The highest BCUT2D eigenvalue weighted by Gasteiger charge is 2.43. The van der Waals surface area contributed by atoms with Crippen LogP contribution in [0.2, 0.25) is 5.02 Å². The Morgan fingerprint density at radius 2 is 1.77 bits per heavy atom. The molecule has 1 unspecified atom stereocenters. The van der Waals surface area contributed by atoms with Crippen LogP contribution in [0.15, 0.2) is 75.7 Å². The van der Waals surface area contributed by atoms with Crippen molar-refractivity contribution in [3.8, 4) is 6.07 Å².